The van der Waals surface area contributed by atoms with Crippen LogP contribution in [0.15, 0.2) is 12.1 Å². The van der Waals surface area contributed by atoms with E-state index in [0.717, 1.165) is 12.3 Å². The van der Waals surface area contributed by atoms with Crippen LogP contribution in [-0.2, 0) is 18.3 Å². The Kier molecular flexibility index (Phi) is 3.06. The second-order valence-electron chi connectivity index (χ2n) is 5.83. The van der Waals surface area contributed by atoms with E-state index in [1.54, 1.807) is 0 Å². The van der Waals surface area contributed by atoms with Crippen molar-refractivity contribution in [1.29, 1.82) is 0 Å². The maximum absolute atomic E-state index is 6.11. The van der Waals surface area contributed by atoms with Crippen molar-refractivity contribution in [2.75, 3.05) is 13.7 Å². The van der Waals surface area contributed by atoms with E-state index in [0.29, 0.717) is 0 Å². The third kappa shape index (κ3) is 1.66. The molecule has 0 amide bonds. The van der Waals surface area contributed by atoms with E-state index in [2.05, 4.69) is 12.1 Å². The molecule has 0 bridgehead atoms. The lowest BCUT2D eigenvalue weighted by Gasteiger charge is -2.30. The van der Waals surface area contributed by atoms with Gasteiger partial charge in [-0.15, -0.1) is 0 Å². The van der Waals surface area contributed by atoms with Crippen molar-refractivity contribution >= 4 is 0 Å². The molecule has 2 heteroatoms. The van der Waals surface area contributed by atoms with Crippen molar-refractivity contribution in [3.8, 4) is 5.75 Å². The largest absolute Gasteiger partial charge is 0.496 e. The Morgan fingerprint density at radius 1 is 1.17 bits per heavy atom. The van der Waals surface area contributed by atoms with Crippen molar-refractivity contribution in [2.45, 2.75) is 50.4 Å². The van der Waals surface area contributed by atoms with Gasteiger partial charge in [-0.05, 0) is 43.2 Å². The minimum Gasteiger partial charge on any atom is -0.496 e. The van der Waals surface area contributed by atoms with Crippen molar-refractivity contribution in [1.82, 2.24) is 0 Å². The number of hydrogen-bond acceptors (Lipinski definition) is 2. The number of ether oxygens (including phenoxy) is 1. The monoisotopic (exact) mass is 245 g/mol. The van der Waals surface area contributed by atoms with Gasteiger partial charge in [0.15, 0.2) is 0 Å². The zero-order valence-corrected chi connectivity index (χ0v) is 11.3. The molecule has 1 aromatic rings. The molecular weight excluding hydrogens is 222 g/mol. The Morgan fingerprint density at radius 2 is 1.94 bits per heavy atom. The third-order valence-corrected chi connectivity index (χ3v) is 4.96. The second-order valence-corrected chi connectivity index (χ2v) is 5.83. The molecule has 0 radical (unpaired) electrons. The van der Waals surface area contributed by atoms with E-state index < -0.39 is 0 Å². The fraction of sp³-hybridized carbons (Fsp3) is 0.625. The molecule has 2 nitrogen and oxygen atoms in total. The molecule has 2 N–H and O–H groups in total. The van der Waals surface area contributed by atoms with Gasteiger partial charge >= 0.3 is 0 Å². The second kappa shape index (κ2) is 4.58. The number of fused-ring (bicyclic) bond motifs is 1. The van der Waals surface area contributed by atoms with Crippen LogP contribution >= 0.6 is 0 Å². The first kappa shape index (κ1) is 12.0. The first-order valence-electron chi connectivity index (χ1n) is 7.20. The molecule has 2 aliphatic carbocycles. The molecule has 0 spiro atoms. The normalized spacial score (nSPS) is 21.0. The lowest BCUT2D eigenvalue weighted by Crippen LogP contribution is -2.32. The van der Waals surface area contributed by atoms with E-state index >= 15 is 0 Å². The highest BCUT2D eigenvalue weighted by Gasteiger charge is 2.37. The maximum atomic E-state index is 6.11. The number of nitrogens with two attached hydrogens (primary N) is 1. The van der Waals surface area contributed by atoms with Crippen molar-refractivity contribution in [2.24, 2.45) is 5.73 Å². The van der Waals surface area contributed by atoms with Crippen LogP contribution in [0.2, 0.25) is 0 Å². The first-order valence-corrected chi connectivity index (χ1v) is 7.20. The standard InChI is InChI=1S/C16H23NO/c1-18-15-13-6-4-5-12(13)7-8-14(15)16(11-17)9-2-3-10-16/h7-8H,2-6,9-11,17H2,1H3. The fourth-order valence-corrected chi connectivity index (χ4v) is 3.92. The van der Waals surface area contributed by atoms with Crippen LogP contribution < -0.4 is 10.5 Å². The zero-order valence-electron chi connectivity index (χ0n) is 11.3. The predicted molar refractivity (Wildman–Crippen MR) is 74.2 cm³/mol. The van der Waals surface area contributed by atoms with Gasteiger partial charge in [0.1, 0.15) is 5.75 Å². The maximum Gasteiger partial charge on any atom is 0.126 e. The number of hydrogen-bond donors (Lipinski definition) is 1. The molecule has 0 heterocycles. The van der Waals surface area contributed by atoms with Crippen LogP contribution in [0.25, 0.3) is 0 Å². The van der Waals surface area contributed by atoms with Crippen LogP contribution in [-0.4, -0.2) is 13.7 Å². The van der Waals surface area contributed by atoms with Gasteiger partial charge in [0.05, 0.1) is 7.11 Å². The molecule has 3 rings (SSSR count). The van der Waals surface area contributed by atoms with E-state index in [9.17, 15) is 0 Å². The highest BCUT2D eigenvalue weighted by Crippen LogP contribution is 2.46. The SMILES string of the molecule is COc1c(C2(CN)CCCC2)ccc2c1CCC2. The van der Waals surface area contributed by atoms with Gasteiger partial charge in [0.25, 0.3) is 0 Å². The van der Waals surface area contributed by atoms with Gasteiger partial charge in [0.2, 0.25) is 0 Å². The molecule has 18 heavy (non-hydrogen) atoms. The van der Waals surface area contributed by atoms with Crippen LogP contribution in [0.4, 0.5) is 0 Å². The minimum absolute atomic E-state index is 0.183. The summed E-state index contributed by atoms with van der Waals surface area (Å²) in [7, 11) is 1.82. The minimum atomic E-state index is 0.183. The average Bonchev–Trinajstić information content (AvgIpc) is 3.06. The number of aryl methyl sites for hydroxylation is 1. The van der Waals surface area contributed by atoms with E-state index in [1.165, 1.54) is 61.6 Å². The molecule has 1 saturated carbocycles. The molecule has 2 aliphatic rings. The number of benzene rings is 1. The van der Waals surface area contributed by atoms with Crippen LogP contribution in [0.1, 0.15) is 48.8 Å². The summed E-state index contributed by atoms with van der Waals surface area (Å²) in [6, 6.07) is 4.61. The molecule has 0 aromatic heterocycles. The Hall–Kier alpha value is -1.02. The van der Waals surface area contributed by atoms with Crippen LogP contribution in [0, 0.1) is 0 Å². The van der Waals surface area contributed by atoms with Gasteiger partial charge in [-0.3, -0.25) is 0 Å². The van der Waals surface area contributed by atoms with Gasteiger partial charge in [-0.2, -0.15) is 0 Å². The Balaban J connectivity index is 2.11. The summed E-state index contributed by atoms with van der Waals surface area (Å²) < 4.78 is 5.77. The summed E-state index contributed by atoms with van der Waals surface area (Å²) in [5.41, 5.74) is 10.6. The molecular formula is C16H23NO. The average molecular weight is 245 g/mol. The molecule has 0 aliphatic heterocycles. The summed E-state index contributed by atoms with van der Waals surface area (Å²) >= 11 is 0. The topological polar surface area (TPSA) is 35.2 Å². The lowest BCUT2D eigenvalue weighted by molar-refractivity contribution is 0.374. The van der Waals surface area contributed by atoms with Gasteiger partial charge in [0, 0.05) is 17.5 Å². The summed E-state index contributed by atoms with van der Waals surface area (Å²) in [6.45, 7) is 0.752. The molecule has 0 atom stereocenters. The van der Waals surface area contributed by atoms with Crippen molar-refractivity contribution in [3.05, 3.63) is 28.8 Å². The van der Waals surface area contributed by atoms with Gasteiger partial charge < -0.3 is 10.5 Å². The zero-order chi connectivity index (χ0) is 12.6. The van der Waals surface area contributed by atoms with E-state index in [1.807, 2.05) is 7.11 Å². The van der Waals surface area contributed by atoms with Gasteiger partial charge in [-0.25, -0.2) is 0 Å². The highest BCUT2D eigenvalue weighted by molar-refractivity contribution is 5.52. The quantitative estimate of drug-likeness (QED) is 0.888. The molecule has 0 unspecified atom stereocenters. The molecule has 1 aromatic carbocycles. The van der Waals surface area contributed by atoms with E-state index in [-0.39, 0.29) is 5.41 Å². The predicted octanol–water partition coefficient (Wildman–Crippen LogP) is 2.95. The highest BCUT2D eigenvalue weighted by atomic mass is 16.5. The molecule has 0 saturated heterocycles. The smallest absolute Gasteiger partial charge is 0.126 e. The van der Waals surface area contributed by atoms with Gasteiger partial charge in [-0.1, -0.05) is 25.0 Å². The number of methoxy groups -OCH3 is 1. The first-order chi connectivity index (χ1) is 8.80. The summed E-state index contributed by atoms with van der Waals surface area (Å²) in [6.07, 6.45) is 8.70. The third-order valence-electron chi connectivity index (χ3n) is 4.96. The Morgan fingerprint density at radius 3 is 2.61 bits per heavy atom. The van der Waals surface area contributed by atoms with Crippen molar-refractivity contribution in [3.63, 3.8) is 0 Å². The molecule has 98 valence electrons. The summed E-state index contributed by atoms with van der Waals surface area (Å²) in [5.74, 6) is 1.15. The summed E-state index contributed by atoms with van der Waals surface area (Å²) in [4.78, 5) is 0. The van der Waals surface area contributed by atoms with E-state index in [4.69, 9.17) is 10.5 Å². The Bertz CT molecular complexity index is 447. The number of rotatable bonds is 3. The Labute approximate surface area is 110 Å². The van der Waals surface area contributed by atoms with Crippen molar-refractivity contribution < 1.29 is 4.74 Å². The van der Waals surface area contributed by atoms with Crippen LogP contribution in [0.5, 0.6) is 5.75 Å². The lowest BCUT2D eigenvalue weighted by atomic mass is 9.77. The molecule has 1 fully saturated rings. The van der Waals surface area contributed by atoms with Crippen LogP contribution in [0.3, 0.4) is 0 Å². The fourth-order valence-electron chi connectivity index (χ4n) is 3.92. The summed E-state index contributed by atoms with van der Waals surface area (Å²) in [5, 5.41) is 0.